The normalized spacial score (nSPS) is 9.95. The quantitative estimate of drug-likeness (QED) is 0.677. The summed E-state index contributed by atoms with van der Waals surface area (Å²) < 4.78 is 5.79. The molecule has 0 heterocycles. The van der Waals surface area contributed by atoms with Gasteiger partial charge < -0.3 is 10.5 Å². The van der Waals surface area contributed by atoms with Gasteiger partial charge >= 0.3 is 0 Å². The van der Waals surface area contributed by atoms with Gasteiger partial charge in [-0.3, -0.25) is 0 Å². The zero-order valence-electron chi connectivity index (χ0n) is 10.8. The van der Waals surface area contributed by atoms with Crippen molar-refractivity contribution in [3.63, 3.8) is 0 Å². The zero-order valence-corrected chi connectivity index (χ0v) is 11.6. The molecule has 0 aliphatic heterocycles. The summed E-state index contributed by atoms with van der Waals surface area (Å²) in [6.45, 7) is 1.92. The average molecular weight is 270 g/mol. The molecule has 0 aromatic heterocycles. The summed E-state index contributed by atoms with van der Waals surface area (Å²) in [7, 11) is 0. The van der Waals surface area contributed by atoms with E-state index in [9.17, 15) is 5.26 Å². The van der Waals surface area contributed by atoms with Crippen molar-refractivity contribution in [1.82, 2.24) is 0 Å². The summed E-state index contributed by atoms with van der Waals surface area (Å²) in [5.74, 6) is 1.25. The van der Waals surface area contributed by atoms with Crippen LogP contribution < -0.4 is 10.5 Å². The van der Waals surface area contributed by atoms with Crippen LogP contribution in [0.4, 0.5) is 5.69 Å². The Balaban J connectivity index is 2.38. The van der Waals surface area contributed by atoms with E-state index in [1.165, 1.54) is 11.8 Å². The molecule has 96 valence electrons. The first-order valence-corrected chi connectivity index (χ1v) is 6.99. The molecule has 4 heteroatoms. The van der Waals surface area contributed by atoms with E-state index in [4.69, 9.17) is 10.5 Å². The smallest absolute Gasteiger partial charge is 0.146 e. The van der Waals surface area contributed by atoms with E-state index in [1.54, 1.807) is 18.2 Å². The highest BCUT2D eigenvalue weighted by Crippen LogP contribution is 2.32. The zero-order chi connectivity index (χ0) is 13.8. The van der Waals surface area contributed by atoms with Crippen LogP contribution in [-0.2, 0) is 0 Å². The number of rotatable bonds is 3. The van der Waals surface area contributed by atoms with Crippen molar-refractivity contribution in [1.29, 1.82) is 5.26 Å². The Bertz CT molecular complexity index is 647. The number of nitrogens with two attached hydrogens (primary N) is 1. The van der Waals surface area contributed by atoms with Crippen LogP contribution in [0.15, 0.2) is 41.3 Å². The monoisotopic (exact) mass is 270 g/mol. The van der Waals surface area contributed by atoms with Crippen molar-refractivity contribution < 1.29 is 4.74 Å². The molecule has 0 bridgehead atoms. The van der Waals surface area contributed by atoms with Crippen LogP contribution in [0.1, 0.15) is 11.1 Å². The minimum absolute atomic E-state index is 0.560. The summed E-state index contributed by atoms with van der Waals surface area (Å²) in [4.78, 5) is 0.909. The first-order chi connectivity index (χ1) is 9.15. The Kier molecular flexibility index (Phi) is 3.98. The molecular formula is C15H14N2OS. The number of nitrogen functional groups attached to an aromatic ring is 1. The SMILES string of the molecule is CSc1cccc(Oc2ccc(N)c(C)c2)c1C#N. The predicted molar refractivity (Wildman–Crippen MR) is 78.6 cm³/mol. The van der Waals surface area contributed by atoms with Crippen molar-refractivity contribution in [3.8, 4) is 17.6 Å². The van der Waals surface area contributed by atoms with Gasteiger partial charge in [0, 0.05) is 10.6 Å². The topological polar surface area (TPSA) is 59.0 Å². The van der Waals surface area contributed by atoms with Crippen LogP contribution in [-0.4, -0.2) is 6.26 Å². The van der Waals surface area contributed by atoms with Crippen LogP contribution >= 0.6 is 11.8 Å². The summed E-state index contributed by atoms with van der Waals surface area (Å²) in [5.41, 5.74) is 8.02. The van der Waals surface area contributed by atoms with Gasteiger partial charge in [0.25, 0.3) is 0 Å². The molecule has 0 saturated carbocycles. The highest BCUT2D eigenvalue weighted by Gasteiger charge is 2.09. The molecule has 0 fully saturated rings. The predicted octanol–water partition coefficient (Wildman–Crippen LogP) is 3.96. The maximum absolute atomic E-state index is 9.24. The van der Waals surface area contributed by atoms with Gasteiger partial charge in [0.2, 0.25) is 0 Å². The molecule has 0 saturated heterocycles. The van der Waals surface area contributed by atoms with Crippen LogP contribution in [0.2, 0.25) is 0 Å². The fraction of sp³-hybridized carbons (Fsp3) is 0.133. The highest BCUT2D eigenvalue weighted by atomic mass is 32.2. The molecular weight excluding hydrogens is 256 g/mol. The molecule has 3 nitrogen and oxygen atoms in total. The number of benzene rings is 2. The van der Waals surface area contributed by atoms with E-state index in [0.717, 1.165) is 16.1 Å². The van der Waals surface area contributed by atoms with E-state index in [2.05, 4.69) is 6.07 Å². The van der Waals surface area contributed by atoms with E-state index < -0.39 is 0 Å². The van der Waals surface area contributed by atoms with Gasteiger partial charge in [-0.05, 0) is 49.1 Å². The second-order valence-corrected chi connectivity index (χ2v) is 4.91. The third-order valence-electron chi connectivity index (χ3n) is 2.79. The van der Waals surface area contributed by atoms with Crippen molar-refractivity contribution in [2.45, 2.75) is 11.8 Å². The number of thioether (sulfide) groups is 1. The van der Waals surface area contributed by atoms with Crippen LogP contribution in [0.25, 0.3) is 0 Å². The van der Waals surface area contributed by atoms with E-state index in [-0.39, 0.29) is 0 Å². The number of hydrogen-bond donors (Lipinski definition) is 1. The van der Waals surface area contributed by atoms with Crippen molar-refractivity contribution in [2.24, 2.45) is 0 Å². The number of nitriles is 1. The second-order valence-electron chi connectivity index (χ2n) is 4.07. The van der Waals surface area contributed by atoms with E-state index in [0.29, 0.717) is 17.1 Å². The summed E-state index contributed by atoms with van der Waals surface area (Å²) in [5, 5.41) is 9.24. The lowest BCUT2D eigenvalue weighted by atomic mass is 10.2. The van der Waals surface area contributed by atoms with Gasteiger partial charge in [0.05, 0.1) is 0 Å². The van der Waals surface area contributed by atoms with Gasteiger partial charge in [0.1, 0.15) is 23.1 Å². The largest absolute Gasteiger partial charge is 0.456 e. The van der Waals surface area contributed by atoms with Crippen LogP contribution in [0, 0.1) is 18.3 Å². The maximum atomic E-state index is 9.24. The molecule has 0 atom stereocenters. The maximum Gasteiger partial charge on any atom is 0.146 e. The van der Waals surface area contributed by atoms with E-state index in [1.807, 2.05) is 31.4 Å². The van der Waals surface area contributed by atoms with Crippen LogP contribution in [0.5, 0.6) is 11.5 Å². The minimum atomic E-state index is 0.560. The Morgan fingerprint density at radius 1 is 1.26 bits per heavy atom. The highest BCUT2D eigenvalue weighted by molar-refractivity contribution is 7.98. The third-order valence-corrected chi connectivity index (χ3v) is 3.57. The molecule has 0 spiro atoms. The molecule has 2 aromatic rings. The Labute approximate surface area is 117 Å². The number of nitrogens with zero attached hydrogens (tertiary/aromatic N) is 1. The molecule has 0 amide bonds. The van der Waals surface area contributed by atoms with E-state index >= 15 is 0 Å². The molecule has 2 aromatic carbocycles. The van der Waals surface area contributed by atoms with Crippen LogP contribution in [0.3, 0.4) is 0 Å². The number of hydrogen-bond acceptors (Lipinski definition) is 4. The molecule has 2 N–H and O–H groups in total. The Morgan fingerprint density at radius 3 is 2.68 bits per heavy atom. The molecule has 19 heavy (non-hydrogen) atoms. The minimum Gasteiger partial charge on any atom is -0.456 e. The van der Waals surface area contributed by atoms with Gasteiger partial charge in [-0.25, -0.2) is 0 Å². The number of ether oxygens (including phenoxy) is 1. The number of aryl methyl sites for hydroxylation is 1. The lowest BCUT2D eigenvalue weighted by Gasteiger charge is -2.10. The summed E-state index contributed by atoms with van der Waals surface area (Å²) >= 11 is 1.53. The first-order valence-electron chi connectivity index (χ1n) is 5.76. The van der Waals surface area contributed by atoms with Gasteiger partial charge in [-0.1, -0.05) is 6.07 Å². The fourth-order valence-electron chi connectivity index (χ4n) is 1.71. The van der Waals surface area contributed by atoms with Gasteiger partial charge in [-0.15, -0.1) is 11.8 Å². The second kappa shape index (κ2) is 5.68. The lowest BCUT2D eigenvalue weighted by molar-refractivity contribution is 0.479. The summed E-state index contributed by atoms with van der Waals surface area (Å²) in [6, 6.07) is 13.2. The molecule has 0 aliphatic carbocycles. The average Bonchev–Trinajstić information content (AvgIpc) is 2.42. The molecule has 0 radical (unpaired) electrons. The van der Waals surface area contributed by atoms with Crippen molar-refractivity contribution in [2.75, 3.05) is 12.0 Å². The number of anilines is 1. The summed E-state index contributed by atoms with van der Waals surface area (Å²) in [6.07, 6.45) is 1.94. The van der Waals surface area contributed by atoms with Gasteiger partial charge in [-0.2, -0.15) is 5.26 Å². The lowest BCUT2D eigenvalue weighted by Crippen LogP contribution is -1.93. The third kappa shape index (κ3) is 2.83. The van der Waals surface area contributed by atoms with Crippen molar-refractivity contribution in [3.05, 3.63) is 47.5 Å². The molecule has 0 aliphatic rings. The standard InChI is InChI=1S/C15H14N2OS/c1-10-8-11(6-7-13(10)17)18-14-4-3-5-15(19-2)12(14)9-16/h3-8H,17H2,1-2H3. The molecule has 2 rings (SSSR count). The Morgan fingerprint density at radius 2 is 2.05 bits per heavy atom. The fourth-order valence-corrected chi connectivity index (χ4v) is 2.28. The Hall–Kier alpha value is -2.12. The first kappa shape index (κ1) is 13.3. The van der Waals surface area contributed by atoms with Gasteiger partial charge in [0.15, 0.2) is 0 Å². The van der Waals surface area contributed by atoms with Crippen molar-refractivity contribution >= 4 is 17.4 Å². The molecule has 0 unspecified atom stereocenters.